The lowest BCUT2D eigenvalue weighted by Crippen LogP contribution is -2.04. The summed E-state index contributed by atoms with van der Waals surface area (Å²) < 4.78 is 11.5. The second-order valence-corrected chi connectivity index (χ2v) is 4.88. The summed E-state index contributed by atoms with van der Waals surface area (Å²) in [6.07, 6.45) is 6.43. The summed E-state index contributed by atoms with van der Waals surface area (Å²) >= 11 is 0. The summed E-state index contributed by atoms with van der Waals surface area (Å²) in [5.74, 6) is 1.70. The molecule has 0 atom stereocenters. The van der Waals surface area contributed by atoms with Crippen LogP contribution in [0.1, 0.15) is 23.1 Å². The molecule has 0 radical (unpaired) electrons. The van der Waals surface area contributed by atoms with Crippen LogP contribution in [0.15, 0.2) is 48.5 Å². The predicted molar refractivity (Wildman–Crippen MR) is 81.1 cm³/mol. The number of allylic oxidation sites excluding steroid dienone is 1. The van der Waals surface area contributed by atoms with Gasteiger partial charge in [-0.05, 0) is 30.0 Å². The highest BCUT2D eigenvalue weighted by atomic mass is 16.5. The zero-order chi connectivity index (χ0) is 13.8. The molecule has 2 nitrogen and oxygen atoms in total. The van der Waals surface area contributed by atoms with Crippen molar-refractivity contribution < 1.29 is 9.47 Å². The Bertz CT molecular complexity index is 615. The monoisotopic (exact) mass is 266 g/mol. The molecule has 0 N–H and O–H groups in total. The van der Waals surface area contributed by atoms with Crippen molar-refractivity contribution in [3.05, 3.63) is 65.2 Å². The third-order valence-electron chi connectivity index (χ3n) is 3.56. The Labute approximate surface area is 119 Å². The van der Waals surface area contributed by atoms with Crippen molar-refractivity contribution in [1.82, 2.24) is 0 Å². The first-order chi connectivity index (χ1) is 9.88. The molecular formula is C18H18O2. The maximum atomic E-state index is 6.05. The molecule has 2 aromatic carbocycles. The van der Waals surface area contributed by atoms with E-state index in [0.717, 1.165) is 24.3 Å². The standard InChI is InChI=1S/C18H18O2/c1-19-17-12-11-15-9-5-6-10-16(15)18(17)20-13-14-7-3-2-4-8-14/h2-5,7-9,11-12H,6,10,13H2,1H3. The molecule has 0 spiro atoms. The molecule has 0 bridgehead atoms. The molecule has 0 amide bonds. The van der Waals surface area contributed by atoms with Crippen molar-refractivity contribution in [3.8, 4) is 11.5 Å². The normalized spacial score (nSPS) is 12.8. The van der Waals surface area contributed by atoms with Crippen LogP contribution < -0.4 is 9.47 Å². The number of benzene rings is 2. The quantitative estimate of drug-likeness (QED) is 0.824. The Hall–Kier alpha value is -2.22. The van der Waals surface area contributed by atoms with Gasteiger partial charge in [-0.2, -0.15) is 0 Å². The van der Waals surface area contributed by atoms with E-state index >= 15 is 0 Å². The third kappa shape index (κ3) is 2.55. The van der Waals surface area contributed by atoms with Crippen LogP contribution in [0, 0.1) is 0 Å². The maximum Gasteiger partial charge on any atom is 0.165 e. The highest BCUT2D eigenvalue weighted by Gasteiger charge is 2.16. The van der Waals surface area contributed by atoms with Gasteiger partial charge < -0.3 is 9.47 Å². The second kappa shape index (κ2) is 5.83. The first kappa shape index (κ1) is 12.8. The number of hydrogen-bond donors (Lipinski definition) is 0. The Morgan fingerprint density at radius 2 is 1.90 bits per heavy atom. The van der Waals surface area contributed by atoms with Gasteiger partial charge in [-0.3, -0.25) is 0 Å². The molecule has 0 aromatic heterocycles. The largest absolute Gasteiger partial charge is 0.493 e. The highest BCUT2D eigenvalue weighted by Crippen LogP contribution is 2.37. The summed E-state index contributed by atoms with van der Waals surface area (Å²) in [5, 5.41) is 0. The summed E-state index contributed by atoms with van der Waals surface area (Å²) in [7, 11) is 1.69. The van der Waals surface area contributed by atoms with E-state index in [-0.39, 0.29) is 0 Å². The third-order valence-corrected chi connectivity index (χ3v) is 3.56. The molecular weight excluding hydrogens is 248 g/mol. The minimum atomic E-state index is 0.567. The number of fused-ring (bicyclic) bond motifs is 1. The molecule has 0 aliphatic heterocycles. The Balaban J connectivity index is 1.89. The van der Waals surface area contributed by atoms with Crippen LogP contribution in [0.5, 0.6) is 11.5 Å². The lowest BCUT2D eigenvalue weighted by molar-refractivity contribution is 0.281. The average Bonchev–Trinajstić information content (AvgIpc) is 2.53. The molecule has 102 valence electrons. The lowest BCUT2D eigenvalue weighted by atomic mass is 9.96. The maximum absolute atomic E-state index is 6.05. The number of rotatable bonds is 4. The molecule has 0 fully saturated rings. The van der Waals surface area contributed by atoms with Crippen molar-refractivity contribution in [3.63, 3.8) is 0 Å². The van der Waals surface area contributed by atoms with E-state index in [4.69, 9.17) is 9.47 Å². The fourth-order valence-electron chi connectivity index (χ4n) is 2.52. The van der Waals surface area contributed by atoms with Crippen molar-refractivity contribution in [1.29, 1.82) is 0 Å². The van der Waals surface area contributed by atoms with Crippen LogP contribution in [0.2, 0.25) is 0 Å². The topological polar surface area (TPSA) is 18.5 Å². The van der Waals surface area contributed by atoms with Gasteiger partial charge in [0.2, 0.25) is 0 Å². The number of ether oxygens (including phenoxy) is 2. The van der Waals surface area contributed by atoms with E-state index in [1.165, 1.54) is 16.7 Å². The van der Waals surface area contributed by atoms with E-state index in [0.29, 0.717) is 6.61 Å². The van der Waals surface area contributed by atoms with Crippen LogP contribution in [-0.2, 0) is 13.0 Å². The Kier molecular flexibility index (Phi) is 3.73. The van der Waals surface area contributed by atoms with Gasteiger partial charge in [-0.25, -0.2) is 0 Å². The van der Waals surface area contributed by atoms with Gasteiger partial charge in [0.15, 0.2) is 11.5 Å². The first-order valence-electron chi connectivity index (χ1n) is 6.91. The Morgan fingerprint density at radius 3 is 2.70 bits per heavy atom. The van der Waals surface area contributed by atoms with Crippen LogP contribution in [0.3, 0.4) is 0 Å². The van der Waals surface area contributed by atoms with E-state index < -0.39 is 0 Å². The van der Waals surface area contributed by atoms with Gasteiger partial charge in [-0.15, -0.1) is 0 Å². The van der Waals surface area contributed by atoms with Crippen molar-refractivity contribution in [2.75, 3.05) is 7.11 Å². The summed E-state index contributed by atoms with van der Waals surface area (Å²) in [4.78, 5) is 0. The second-order valence-electron chi connectivity index (χ2n) is 4.88. The smallest absolute Gasteiger partial charge is 0.165 e. The van der Waals surface area contributed by atoms with Crippen molar-refractivity contribution in [2.45, 2.75) is 19.4 Å². The summed E-state index contributed by atoms with van der Waals surface area (Å²) in [6.45, 7) is 0.567. The van der Waals surface area contributed by atoms with E-state index in [1.54, 1.807) is 7.11 Å². The van der Waals surface area contributed by atoms with Gasteiger partial charge in [0, 0.05) is 5.56 Å². The Morgan fingerprint density at radius 1 is 1.05 bits per heavy atom. The first-order valence-corrected chi connectivity index (χ1v) is 6.91. The van der Waals surface area contributed by atoms with Crippen LogP contribution in [0.4, 0.5) is 0 Å². The van der Waals surface area contributed by atoms with E-state index in [1.807, 2.05) is 24.3 Å². The molecule has 1 aliphatic carbocycles. The fourth-order valence-corrected chi connectivity index (χ4v) is 2.52. The number of hydrogen-bond acceptors (Lipinski definition) is 2. The molecule has 0 saturated carbocycles. The molecule has 0 unspecified atom stereocenters. The lowest BCUT2D eigenvalue weighted by Gasteiger charge is -2.19. The summed E-state index contributed by atoms with van der Waals surface area (Å²) in [5.41, 5.74) is 3.65. The van der Waals surface area contributed by atoms with E-state index in [2.05, 4.69) is 30.4 Å². The fraction of sp³-hybridized carbons (Fsp3) is 0.222. The van der Waals surface area contributed by atoms with Gasteiger partial charge in [-0.1, -0.05) is 48.6 Å². The molecule has 20 heavy (non-hydrogen) atoms. The van der Waals surface area contributed by atoms with Crippen LogP contribution in [0.25, 0.3) is 6.08 Å². The van der Waals surface area contributed by atoms with Gasteiger partial charge in [0.25, 0.3) is 0 Å². The van der Waals surface area contributed by atoms with Gasteiger partial charge >= 0.3 is 0 Å². The van der Waals surface area contributed by atoms with Gasteiger partial charge in [0.05, 0.1) is 7.11 Å². The van der Waals surface area contributed by atoms with Gasteiger partial charge in [0.1, 0.15) is 6.61 Å². The van der Waals surface area contributed by atoms with Crippen molar-refractivity contribution in [2.24, 2.45) is 0 Å². The molecule has 2 aromatic rings. The zero-order valence-electron chi connectivity index (χ0n) is 11.6. The SMILES string of the molecule is COc1ccc2c(c1OCc1ccccc1)CCC=C2. The molecule has 1 aliphatic rings. The van der Waals surface area contributed by atoms with Crippen LogP contribution in [-0.4, -0.2) is 7.11 Å². The average molecular weight is 266 g/mol. The van der Waals surface area contributed by atoms with Crippen LogP contribution >= 0.6 is 0 Å². The highest BCUT2D eigenvalue weighted by molar-refractivity contribution is 5.64. The molecule has 0 heterocycles. The predicted octanol–water partition coefficient (Wildman–Crippen LogP) is 4.23. The van der Waals surface area contributed by atoms with Crippen molar-refractivity contribution >= 4 is 6.08 Å². The molecule has 0 saturated heterocycles. The zero-order valence-corrected chi connectivity index (χ0v) is 11.6. The minimum absolute atomic E-state index is 0.567. The molecule has 3 rings (SSSR count). The summed E-state index contributed by atoms with van der Waals surface area (Å²) in [6, 6.07) is 14.3. The number of methoxy groups -OCH3 is 1. The van der Waals surface area contributed by atoms with E-state index in [9.17, 15) is 0 Å². The minimum Gasteiger partial charge on any atom is -0.493 e. The molecule has 2 heteroatoms.